The lowest BCUT2D eigenvalue weighted by molar-refractivity contribution is -0.127. The zero-order valence-corrected chi connectivity index (χ0v) is 20.3. The number of ether oxygens (including phenoxy) is 1. The van der Waals surface area contributed by atoms with Crippen molar-refractivity contribution >= 4 is 5.91 Å². The standard InChI is InChI=1S/C23H48N2O2/c1-17(2)22(9,10)23(11,12)25-19(26)13-20(5,6)15-27-16-21(7,8)14-24-18(3)4/h17-18,24H,13-16H2,1-12H3,(H,25,26). The number of carbonyl (C=O) groups is 1. The Hall–Kier alpha value is -0.610. The van der Waals surface area contributed by atoms with Crippen LogP contribution in [0.1, 0.15) is 89.5 Å². The maximum absolute atomic E-state index is 12.7. The van der Waals surface area contributed by atoms with Crippen molar-refractivity contribution in [1.29, 1.82) is 0 Å². The molecule has 27 heavy (non-hydrogen) atoms. The predicted octanol–water partition coefficient (Wildman–Crippen LogP) is 5.02. The van der Waals surface area contributed by atoms with E-state index in [0.29, 0.717) is 31.6 Å². The van der Waals surface area contributed by atoms with Gasteiger partial charge in [0.15, 0.2) is 0 Å². The first-order chi connectivity index (χ1) is 11.9. The van der Waals surface area contributed by atoms with Gasteiger partial charge in [-0.05, 0) is 30.6 Å². The quantitative estimate of drug-likeness (QED) is 0.497. The summed E-state index contributed by atoms with van der Waals surface area (Å²) < 4.78 is 6.01. The molecule has 0 unspecified atom stereocenters. The summed E-state index contributed by atoms with van der Waals surface area (Å²) in [5.41, 5.74) is -0.369. The molecule has 162 valence electrons. The van der Waals surface area contributed by atoms with Crippen molar-refractivity contribution in [3.05, 3.63) is 0 Å². The fourth-order valence-electron chi connectivity index (χ4n) is 2.90. The van der Waals surface area contributed by atoms with Gasteiger partial charge in [-0.1, -0.05) is 69.2 Å². The van der Waals surface area contributed by atoms with Crippen LogP contribution in [0.15, 0.2) is 0 Å². The molecule has 4 nitrogen and oxygen atoms in total. The lowest BCUT2D eigenvalue weighted by atomic mass is 9.67. The number of rotatable bonds is 12. The highest BCUT2D eigenvalue weighted by atomic mass is 16.5. The molecule has 0 aliphatic heterocycles. The summed E-state index contributed by atoms with van der Waals surface area (Å²) in [4.78, 5) is 12.7. The number of hydrogen-bond acceptors (Lipinski definition) is 3. The van der Waals surface area contributed by atoms with Crippen molar-refractivity contribution in [3.63, 3.8) is 0 Å². The first-order valence-corrected chi connectivity index (χ1v) is 10.5. The summed E-state index contributed by atoms with van der Waals surface area (Å²) >= 11 is 0. The lowest BCUT2D eigenvalue weighted by Gasteiger charge is -2.45. The molecular formula is C23H48N2O2. The van der Waals surface area contributed by atoms with Gasteiger partial charge in [-0.25, -0.2) is 0 Å². The Morgan fingerprint density at radius 3 is 1.78 bits per heavy atom. The van der Waals surface area contributed by atoms with Gasteiger partial charge in [-0.2, -0.15) is 0 Å². The van der Waals surface area contributed by atoms with Crippen LogP contribution in [0.4, 0.5) is 0 Å². The molecule has 0 aliphatic rings. The van der Waals surface area contributed by atoms with Gasteiger partial charge in [0.25, 0.3) is 0 Å². The van der Waals surface area contributed by atoms with Crippen LogP contribution in [0.3, 0.4) is 0 Å². The van der Waals surface area contributed by atoms with Crippen molar-refractivity contribution in [2.24, 2.45) is 22.2 Å². The number of nitrogens with one attached hydrogen (secondary N) is 2. The minimum Gasteiger partial charge on any atom is -0.380 e. The first kappa shape index (κ1) is 26.4. The molecule has 1 amide bonds. The maximum Gasteiger partial charge on any atom is 0.221 e. The van der Waals surface area contributed by atoms with Gasteiger partial charge in [0.05, 0.1) is 13.2 Å². The Kier molecular flexibility index (Phi) is 9.51. The molecular weight excluding hydrogens is 336 g/mol. The third kappa shape index (κ3) is 9.43. The molecule has 0 aliphatic carbocycles. The Labute approximate surface area is 169 Å². The van der Waals surface area contributed by atoms with E-state index in [4.69, 9.17) is 4.74 Å². The number of carbonyl (C=O) groups excluding carboxylic acids is 1. The third-order valence-corrected chi connectivity index (χ3v) is 6.12. The third-order valence-electron chi connectivity index (χ3n) is 6.12. The van der Waals surface area contributed by atoms with E-state index in [2.05, 4.69) is 93.7 Å². The fraction of sp³-hybridized carbons (Fsp3) is 0.957. The van der Waals surface area contributed by atoms with Crippen LogP contribution in [0.2, 0.25) is 0 Å². The van der Waals surface area contributed by atoms with Crippen molar-refractivity contribution in [1.82, 2.24) is 10.6 Å². The van der Waals surface area contributed by atoms with Gasteiger partial charge < -0.3 is 15.4 Å². The van der Waals surface area contributed by atoms with Gasteiger partial charge in [0, 0.05) is 30.0 Å². The second-order valence-corrected chi connectivity index (χ2v) is 11.6. The minimum absolute atomic E-state index is 0.0107. The molecule has 0 aromatic rings. The summed E-state index contributed by atoms with van der Waals surface area (Å²) in [7, 11) is 0. The lowest BCUT2D eigenvalue weighted by Crippen LogP contribution is -2.56. The molecule has 0 aromatic heterocycles. The van der Waals surface area contributed by atoms with Crippen LogP contribution < -0.4 is 10.6 Å². The zero-order chi connectivity index (χ0) is 21.7. The van der Waals surface area contributed by atoms with Crippen LogP contribution in [0, 0.1) is 22.2 Å². The van der Waals surface area contributed by atoms with Crippen molar-refractivity contribution in [2.75, 3.05) is 19.8 Å². The number of amides is 1. The number of hydrogen-bond donors (Lipinski definition) is 2. The highest BCUT2D eigenvalue weighted by Gasteiger charge is 2.41. The SMILES string of the molecule is CC(C)NCC(C)(C)COCC(C)(C)CC(=O)NC(C)(C)C(C)(C)C(C)C. The molecule has 0 heterocycles. The molecule has 0 saturated carbocycles. The Bertz CT molecular complexity index is 463. The Balaban J connectivity index is 4.60. The second-order valence-electron chi connectivity index (χ2n) is 11.6. The second kappa shape index (κ2) is 9.73. The van der Waals surface area contributed by atoms with Crippen LogP contribution >= 0.6 is 0 Å². The average Bonchev–Trinajstić information content (AvgIpc) is 2.42. The fourth-order valence-corrected chi connectivity index (χ4v) is 2.90. The highest BCUT2D eigenvalue weighted by molar-refractivity contribution is 5.77. The molecule has 2 N–H and O–H groups in total. The Morgan fingerprint density at radius 2 is 1.33 bits per heavy atom. The minimum atomic E-state index is -0.264. The summed E-state index contributed by atoms with van der Waals surface area (Å²) in [6.07, 6.45) is 0.468. The summed E-state index contributed by atoms with van der Waals surface area (Å²) in [5, 5.41) is 6.74. The topological polar surface area (TPSA) is 50.4 Å². The summed E-state index contributed by atoms with van der Waals surface area (Å²) in [6, 6.07) is 0.475. The van der Waals surface area contributed by atoms with E-state index in [9.17, 15) is 4.79 Å². The van der Waals surface area contributed by atoms with Crippen molar-refractivity contribution in [2.45, 2.75) is 101 Å². The summed E-state index contributed by atoms with van der Waals surface area (Å²) in [5.74, 6) is 0.578. The highest BCUT2D eigenvalue weighted by Crippen LogP contribution is 2.38. The summed E-state index contributed by atoms with van der Waals surface area (Å²) in [6.45, 7) is 28.2. The van der Waals surface area contributed by atoms with Crippen LogP contribution in [0.25, 0.3) is 0 Å². The monoisotopic (exact) mass is 384 g/mol. The van der Waals surface area contributed by atoms with Crippen molar-refractivity contribution in [3.8, 4) is 0 Å². The van der Waals surface area contributed by atoms with E-state index < -0.39 is 0 Å². The van der Waals surface area contributed by atoms with Crippen LogP contribution in [-0.4, -0.2) is 37.2 Å². The van der Waals surface area contributed by atoms with E-state index in [1.807, 2.05) is 0 Å². The van der Waals surface area contributed by atoms with Gasteiger partial charge in [0.2, 0.25) is 5.91 Å². The van der Waals surface area contributed by atoms with Crippen molar-refractivity contribution < 1.29 is 9.53 Å². The maximum atomic E-state index is 12.7. The van der Waals surface area contributed by atoms with E-state index in [1.165, 1.54) is 0 Å². The molecule has 0 fully saturated rings. The molecule has 0 bridgehead atoms. The molecule has 0 radical (unpaired) electrons. The van der Waals surface area contributed by atoms with Crippen LogP contribution in [-0.2, 0) is 9.53 Å². The van der Waals surface area contributed by atoms with Crippen LogP contribution in [0.5, 0.6) is 0 Å². The van der Waals surface area contributed by atoms with Gasteiger partial charge in [-0.15, -0.1) is 0 Å². The van der Waals surface area contributed by atoms with E-state index >= 15 is 0 Å². The molecule has 0 rings (SSSR count). The van der Waals surface area contributed by atoms with E-state index in [0.717, 1.165) is 6.54 Å². The smallest absolute Gasteiger partial charge is 0.221 e. The molecule has 0 saturated heterocycles. The van der Waals surface area contributed by atoms with E-state index in [1.54, 1.807) is 0 Å². The van der Waals surface area contributed by atoms with Gasteiger partial charge >= 0.3 is 0 Å². The van der Waals surface area contributed by atoms with Gasteiger partial charge in [0.1, 0.15) is 0 Å². The van der Waals surface area contributed by atoms with E-state index in [-0.39, 0.29) is 27.7 Å². The molecule has 0 aromatic carbocycles. The van der Waals surface area contributed by atoms with Gasteiger partial charge in [-0.3, -0.25) is 4.79 Å². The predicted molar refractivity (Wildman–Crippen MR) is 117 cm³/mol. The normalized spacial score (nSPS) is 14.1. The zero-order valence-electron chi connectivity index (χ0n) is 20.3. The largest absolute Gasteiger partial charge is 0.380 e. The molecule has 4 heteroatoms. The first-order valence-electron chi connectivity index (χ1n) is 10.5. The average molecular weight is 385 g/mol. The Morgan fingerprint density at radius 1 is 0.852 bits per heavy atom. The molecule has 0 atom stereocenters. The molecule has 0 spiro atoms.